The van der Waals surface area contributed by atoms with Crippen molar-refractivity contribution in [3.8, 4) is 0 Å². The average molecular weight is 184 g/mol. The quantitative estimate of drug-likeness (QED) is 0.515. The van der Waals surface area contributed by atoms with Gasteiger partial charge in [-0.2, -0.15) is 0 Å². The molecule has 0 aromatic heterocycles. The maximum atomic E-state index is 10.3. The fourth-order valence-corrected chi connectivity index (χ4v) is 1.47. The third kappa shape index (κ3) is 2.49. The Hall–Kier alpha value is -1.12. The second kappa shape index (κ2) is 3.52. The van der Waals surface area contributed by atoms with Crippen LogP contribution in [0.2, 0.25) is 0 Å². The van der Waals surface area contributed by atoms with Crippen molar-refractivity contribution in [2.75, 3.05) is 11.5 Å². The van der Waals surface area contributed by atoms with E-state index < -0.39 is 8.03 Å². The van der Waals surface area contributed by atoms with Gasteiger partial charge in [0, 0.05) is 16.9 Å². The van der Waals surface area contributed by atoms with Crippen LogP contribution < -0.4 is 16.4 Å². The molecule has 0 aliphatic rings. The molecular weight excluding hydrogens is 175 g/mol. The zero-order valence-corrected chi connectivity index (χ0v) is 7.25. The van der Waals surface area contributed by atoms with Crippen molar-refractivity contribution in [3.63, 3.8) is 0 Å². The van der Waals surface area contributed by atoms with Crippen LogP contribution in [0.15, 0.2) is 18.2 Å². The SMILES string of the molecule is Nc1cc(N)cc(C[P+](=O)[O-])c1. The van der Waals surface area contributed by atoms with E-state index in [2.05, 4.69) is 0 Å². The van der Waals surface area contributed by atoms with Crippen LogP contribution in [0.4, 0.5) is 11.4 Å². The van der Waals surface area contributed by atoms with Gasteiger partial charge in [-0.25, -0.2) is 0 Å². The van der Waals surface area contributed by atoms with Gasteiger partial charge in [0.1, 0.15) is 0 Å². The normalized spacial score (nSPS) is 11.2. The molecule has 0 heterocycles. The summed E-state index contributed by atoms with van der Waals surface area (Å²) in [5.41, 5.74) is 12.5. The van der Waals surface area contributed by atoms with Crippen molar-refractivity contribution in [2.24, 2.45) is 0 Å². The fraction of sp³-hybridized carbons (Fsp3) is 0.143. The molecule has 1 unspecified atom stereocenters. The number of anilines is 2. The molecule has 0 amide bonds. The maximum Gasteiger partial charge on any atom is 0.313 e. The largest absolute Gasteiger partial charge is 0.595 e. The minimum Gasteiger partial charge on any atom is -0.595 e. The van der Waals surface area contributed by atoms with E-state index in [1.54, 1.807) is 18.2 Å². The predicted molar refractivity (Wildman–Crippen MR) is 46.6 cm³/mol. The molecule has 64 valence electrons. The lowest BCUT2D eigenvalue weighted by atomic mass is 10.2. The smallest absolute Gasteiger partial charge is 0.313 e. The van der Waals surface area contributed by atoms with E-state index in [4.69, 9.17) is 11.5 Å². The second-order valence-electron chi connectivity index (χ2n) is 2.50. The summed E-state index contributed by atoms with van der Waals surface area (Å²) in [7, 11) is -2.41. The summed E-state index contributed by atoms with van der Waals surface area (Å²) in [5.74, 6) is 0. The van der Waals surface area contributed by atoms with E-state index in [0.29, 0.717) is 16.9 Å². The number of rotatable bonds is 2. The highest BCUT2D eigenvalue weighted by Gasteiger charge is 2.04. The average Bonchev–Trinajstić information content (AvgIpc) is 1.81. The Morgan fingerprint density at radius 1 is 1.25 bits per heavy atom. The summed E-state index contributed by atoms with van der Waals surface area (Å²) in [6, 6.07) is 4.78. The summed E-state index contributed by atoms with van der Waals surface area (Å²) in [6.07, 6.45) is -0.00935. The van der Waals surface area contributed by atoms with Crippen molar-refractivity contribution in [1.82, 2.24) is 0 Å². The molecule has 1 aromatic rings. The van der Waals surface area contributed by atoms with Gasteiger partial charge in [0.05, 0.1) is 0 Å². The first-order valence-corrected chi connectivity index (χ1v) is 4.71. The van der Waals surface area contributed by atoms with Crippen LogP contribution in [-0.4, -0.2) is 0 Å². The third-order valence-electron chi connectivity index (χ3n) is 1.35. The Morgan fingerprint density at radius 3 is 2.17 bits per heavy atom. The van der Waals surface area contributed by atoms with Crippen LogP contribution >= 0.6 is 8.03 Å². The highest BCUT2D eigenvalue weighted by molar-refractivity contribution is 7.35. The van der Waals surface area contributed by atoms with E-state index in [9.17, 15) is 9.46 Å². The summed E-state index contributed by atoms with van der Waals surface area (Å²) >= 11 is 0. The lowest BCUT2D eigenvalue weighted by molar-refractivity contribution is -0.164. The van der Waals surface area contributed by atoms with Crippen molar-refractivity contribution in [3.05, 3.63) is 23.8 Å². The molecule has 0 fully saturated rings. The minimum atomic E-state index is -2.41. The highest BCUT2D eigenvalue weighted by atomic mass is 31.1. The van der Waals surface area contributed by atoms with Gasteiger partial charge in [0.2, 0.25) is 0 Å². The van der Waals surface area contributed by atoms with E-state index in [-0.39, 0.29) is 6.16 Å². The van der Waals surface area contributed by atoms with Crippen molar-refractivity contribution in [1.29, 1.82) is 0 Å². The predicted octanol–water partition coefficient (Wildman–Crippen LogP) is 0.454. The zero-order chi connectivity index (χ0) is 9.14. The standard InChI is InChI=1S/C7H9N2O2P/c8-6-1-5(4-12(10)11)2-7(9)3-6/h1-3H,4,8-9H2. The van der Waals surface area contributed by atoms with Gasteiger partial charge in [-0.15, -0.1) is 0 Å². The van der Waals surface area contributed by atoms with Gasteiger partial charge in [0.25, 0.3) is 0 Å². The van der Waals surface area contributed by atoms with Crippen LogP contribution in [0.25, 0.3) is 0 Å². The number of nitrogens with two attached hydrogens (primary N) is 2. The molecule has 4 N–H and O–H groups in total. The molecule has 0 spiro atoms. The number of hydrogen-bond donors (Lipinski definition) is 2. The number of benzene rings is 1. The molecule has 1 rings (SSSR count). The van der Waals surface area contributed by atoms with Crippen LogP contribution in [0.3, 0.4) is 0 Å². The monoisotopic (exact) mass is 184 g/mol. The molecule has 5 heteroatoms. The number of hydrogen-bond acceptors (Lipinski definition) is 4. The van der Waals surface area contributed by atoms with Crippen molar-refractivity contribution < 1.29 is 9.46 Å². The first kappa shape index (κ1) is 8.97. The van der Waals surface area contributed by atoms with Crippen LogP contribution in [0.1, 0.15) is 5.56 Å². The fourth-order valence-electron chi connectivity index (χ4n) is 0.986. The van der Waals surface area contributed by atoms with Crippen LogP contribution in [0.5, 0.6) is 0 Å². The first-order chi connectivity index (χ1) is 5.58. The van der Waals surface area contributed by atoms with Gasteiger partial charge in [-0.05, 0) is 18.2 Å². The van der Waals surface area contributed by atoms with Gasteiger partial charge in [-0.1, -0.05) is 4.57 Å². The summed E-state index contributed by atoms with van der Waals surface area (Å²) in [4.78, 5) is 10.3. The lowest BCUT2D eigenvalue weighted by Crippen LogP contribution is -1.95. The molecule has 0 radical (unpaired) electrons. The lowest BCUT2D eigenvalue weighted by Gasteiger charge is -1.99. The van der Waals surface area contributed by atoms with E-state index in [1.807, 2.05) is 0 Å². The van der Waals surface area contributed by atoms with Crippen molar-refractivity contribution in [2.45, 2.75) is 6.16 Å². The van der Waals surface area contributed by atoms with Gasteiger partial charge < -0.3 is 16.4 Å². The summed E-state index contributed by atoms with van der Waals surface area (Å²) in [5, 5.41) is 0. The molecule has 0 aliphatic carbocycles. The Bertz CT molecular complexity index is 294. The van der Waals surface area contributed by atoms with Gasteiger partial charge in [-0.3, -0.25) is 0 Å². The van der Waals surface area contributed by atoms with E-state index >= 15 is 0 Å². The molecule has 1 aromatic carbocycles. The van der Waals surface area contributed by atoms with Gasteiger partial charge >= 0.3 is 8.03 Å². The highest BCUT2D eigenvalue weighted by Crippen LogP contribution is 2.21. The Labute approximate surface area is 71.1 Å². The Balaban J connectivity index is 2.93. The number of nitrogen functional groups attached to an aromatic ring is 2. The maximum absolute atomic E-state index is 10.3. The molecule has 0 saturated carbocycles. The van der Waals surface area contributed by atoms with Crippen molar-refractivity contribution >= 4 is 19.4 Å². The zero-order valence-electron chi connectivity index (χ0n) is 6.36. The molecule has 0 bridgehead atoms. The molecule has 4 nitrogen and oxygen atoms in total. The molecule has 1 atom stereocenters. The van der Waals surface area contributed by atoms with Crippen LogP contribution in [-0.2, 0) is 10.7 Å². The second-order valence-corrected chi connectivity index (χ2v) is 3.48. The molecule has 12 heavy (non-hydrogen) atoms. The van der Waals surface area contributed by atoms with E-state index in [1.165, 1.54) is 0 Å². The minimum absolute atomic E-state index is 0.00935. The topological polar surface area (TPSA) is 92.2 Å². The van der Waals surface area contributed by atoms with Gasteiger partial charge in [0.15, 0.2) is 6.16 Å². The molecule has 0 aliphatic heterocycles. The first-order valence-electron chi connectivity index (χ1n) is 3.34. The summed E-state index contributed by atoms with van der Waals surface area (Å²) in [6.45, 7) is 0. The summed E-state index contributed by atoms with van der Waals surface area (Å²) < 4.78 is 10.3. The molecule has 0 saturated heterocycles. The Morgan fingerprint density at radius 2 is 1.75 bits per heavy atom. The molecular formula is C7H9N2O2P. The Kier molecular flexibility index (Phi) is 2.63. The third-order valence-corrected chi connectivity index (χ3v) is 1.97. The van der Waals surface area contributed by atoms with Crippen LogP contribution in [0, 0.1) is 0 Å². The van der Waals surface area contributed by atoms with E-state index in [0.717, 1.165) is 0 Å².